The number of piperazine rings is 1. The summed E-state index contributed by atoms with van der Waals surface area (Å²) in [5.41, 5.74) is 4.26. The highest BCUT2D eigenvalue weighted by molar-refractivity contribution is 5.97. The van der Waals surface area contributed by atoms with E-state index < -0.39 is 0 Å². The maximum absolute atomic E-state index is 12.8. The van der Waals surface area contributed by atoms with Crippen LogP contribution >= 0.6 is 0 Å². The Morgan fingerprint density at radius 1 is 0.968 bits per heavy atom. The average Bonchev–Trinajstić information content (AvgIpc) is 3.21. The van der Waals surface area contributed by atoms with Crippen molar-refractivity contribution in [2.24, 2.45) is 0 Å². The molecular formula is C24H23N5O2. The minimum atomic E-state index is -0.193. The van der Waals surface area contributed by atoms with E-state index in [0.29, 0.717) is 16.6 Å². The van der Waals surface area contributed by atoms with E-state index in [1.165, 1.54) is 6.33 Å². The van der Waals surface area contributed by atoms with Gasteiger partial charge < -0.3 is 19.4 Å². The van der Waals surface area contributed by atoms with E-state index >= 15 is 0 Å². The van der Waals surface area contributed by atoms with Gasteiger partial charge in [0.1, 0.15) is 11.0 Å². The Morgan fingerprint density at radius 3 is 2.39 bits per heavy atom. The Bertz CT molecular complexity index is 1280. The molecule has 1 fully saturated rings. The highest BCUT2D eigenvalue weighted by atomic mass is 16.2. The summed E-state index contributed by atoms with van der Waals surface area (Å²) in [6, 6.07) is 17.3. The monoisotopic (exact) mass is 413 g/mol. The standard InChI is InChI=1S/C24H23N5O2/c1-27-11-13-28(14-12-27)24(31)18-9-7-17(8-10-18)20-15-29(19-5-3-2-4-6-19)22-21(20)25-16-26-23(22)30/h2-10,15-16H,11-14H2,1H3,(H,25,26,30). The summed E-state index contributed by atoms with van der Waals surface area (Å²) in [6.45, 7) is 3.27. The van der Waals surface area contributed by atoms with Crippen LogP contribution in [-0.4, -0.2) is 63.5 Å². The lowest BCUT2D eigenvalue weighted by Gasteiger charge is -2.32. The molecule has 7 heteroatoms. The minimum absolute atomic E-state index is 0.0564. The molecule has 0 spiro atoms. The number of para-hydroxylation sites is 1. The lowest BCUT2D eigenvalue weighted by atomic mass is 10.0. The molecular weight excluding hydrogens is 390 g/mol. The maximum atomic E-state index is 12.8. The van der Waals surface area contributed by atoms with Crippen molar-refractivity contribution in [3.8, 4) is 16.8 Å². The van der Waals surface area contributed by atoms with Crippen LogP contribution < -0.4 is 5.56 Å². The molecule has 0 unspecified atom stereocenters. The number of benzene rings is 2. The Balaban J connectivity index is 1.52. The first-order valence-electron chi connectivity index (χ1n) is 10.3. The van der Waals surface area contributed by atoms with Crippen LogP contribution in [0.3, 0.4) is 0 Å². The van der Waals surface area contributed by atoms with Gasteiger partial charge in [-0.1, -0.05) is 30.3 Å². The summed E-state index contributed by atoms with van der Waals surface area (Å²) < 4.78 is 1.86. The van der Waals surface area contributed by atoms with Gasteiger partial charge in [-0.15, -0.1) is 0 Å². The topological polar surface area (TPSA) is 74.2 Å². The van der Waals surface area contributed by atoms with Gasteiger partial charge in [-0.05, 0) is 36.9 Å². The predicted molar refractivity (Wildman–Crippen MR) is 121 cm³/mol. The van der Waals surface area contributed by atoms with Crippen molar-refractivity contribution in [2.75, 3.05) is 33.2 Å². The molecule has 156 valence electrons. The second-order valence-corrected chi connectivity index (χ2v) is 7.85. The largest absolute Gasteiger partial charge is 0.336 e. The molecule has 0 radical (unpaired) electrons. The minimum Gasteiger partial charge on any atom is -0.336 e. The van der Waals surface area contributed by atoms with Crippen molar-refractivity contribution in [1.29, 1.82) is 0 Å². The second-order valence-electron chi connectivity index (χ2n) is 7.85. The van der Waals surface area contributed by atoms with E-state index in [2.05, 4.69) is 21.9 Å². The predicted octanol–water partition coefficient (Wildman–Crippen LogP) is 2.77. The molecule has 1 N–H and O–H groups in total. The van der Waals surface area contributed by atoms with Gasteiger partial charge in [0.05, 0.1) is 6.33 Å². The van der Waals surface area contributed by atoms with Crippen LogP contribution in [0.2, 0.25) is 0 Å². The van der Waals surface area contributed by atoms with E-state index in [1.54, 1.807) is 0 Å². The zero-order valence-corrected chi connectivity index (χ0v) is 17.3. The van der Waals surface area contributed by atoms with Crippen LogP contribution in [0.25, 0.3) is 27.8 Å². The van der Waals surface area contributed by atoms with Crippen molar-refractivity contribution >= 4 is 16.9 Å². The van der Waals surface area contributed by atoms with E-state index in [0.717, 1.165) is 43.0 Å². The fourth-order valence-corrected chi connectivity index (χ4v) is 4.06. The van der Waals surface area contributed by atoms with Crippen LogP contribution in [0, 0.1) is 0 Å². The third-order valence-corrected chi connectivity index (χ3v) is 5.85. The van der Waals surface area contributed by atoms with E-state index in [9.17, 15) is 9.59 Å². The third kappa shape index (κ3) is 3.53. The molecule has 2 aromatic carbocycles. The highest BCUT2D eigenvalue weighted by Gasteiger charge is 2.21. The highest BCUT2D eigenvalue weighted by Crippen LogP contribution is 2.30. The molecule has 7 nitrogen and oxygen atoms in total. The van der Waals surface area contributed by atoms with Crippen molar-refractivity contribution < 1.29 is 4.79 Å². The summed E-state index contributed by atoms with van der Waals surface area (Å²) in [5, 5.41) is 0. The number of rotatable bonds is 3. The average molecular weight is 413 g/mol. The molecule has 1 aliphatic rings. The maximum Gasteiger partial charge on any atom is 0.275 e. The summed E-state index contributed by atoms with van der Waals surface area (Å²) >= 11 is 0. The lowest BCUT2D eigenvalue weighted by molar-refractivity contribution is 0.0664. The van der Waals surface area contributed by atoms with Crippen molar-refractivity contribution in [2.45, 2.75) is 0 Å². The summed E-state index contributed by atoms with van der Waals surface area (Å²) in [5.74, 6) is 0.0564. The number of nitrogens with one attached hydrogen (secondary N) is 1. The third-order valence-electron chi connectivity index (χ3n) is 5.85. The first-order valence-corrected chi connectivity index (χ1v) is 10.3. The van der Waals surface area contributed by atoms with Gasteiger partial charge in [0.2, 0.25) is 0 Å². The van der Waals surface area contributed by atoms with Crippen molar-refractivity contribution in [3.05, 3.63) is 83.0 Å². The van der Waals surface area contributed by atoms with E-state index in [-0.39, 0.29) is 11.5 Å². The molecule has 0 aliphatic carbocycles. The van der Waals surface area contributed by atoms with Crippen LogP contribution in [0.5, 0.6) is 0 Å². The number of hydrogen-bond donors (Lipinski definition) is 1. The van der Waals surface area contributed by atoms with E-state index in [4.69, 9.17) is 0 Å². The van der Waals surface area contributed by atoms with Crippen molar-refractivity contribution in [1.82, 2.24) is 24.3 Å². The second kappa shape index (κ2) is 7.85. The number of carbonyl (C=O) groups excluding carboxylic acids is 1. The number of nitrogens with zero attached hydrogens (tertiary/aromatic N) is 4. The number of amides is 1. The molecule has 31 heavy (non-hydrogen) atoms. The number of H-pyrrole nitrogens is 1. The Morgan fingerprint density at radius 2 is 1.68 bits per heavy atom. The van der Waals surface area contributed by atoms with Gasteiger partial charge in [-0.25, -0.2) is 4.98 Å². The van der Waals surface area contributed by atoms with Gasteiger partial charge in [-0.3, -0.25) is 9.59 Å². The first-order chi connectivity index (χ1) is 15.1. The van der Waals surface area contributed by atoms with Crippen LogP contribution in [-0.2, 0) is 0 Å². The Kier molecular flexibility index (Phi) is 4.88. The normalized spacial score (nSPS) is 14.8. The molecule has 1 aliphatic heterocycles. The molecule has 0 bridgehead atoms. The molecule has 0 atom stereocenters. The van der Waals surface area contributed by atoms with Crippen LogP contribution in [0.15, 0.2) is 71.9 Å². The molecule has 0 saturated carbocycles. The number of aromatic nitrogens is 3. The van der Waals surface area contributed by atoms with Gasteiger partial charge >= 0.3 is 0 Å². The zero-order chi connectivity index (χ0) is 21.4. The molecule has 1 amide bonds. The fourth-order valence-electron chi connectivity index (χ4n) is 4.06. The SMILES string of the molecule is CN1CCN(C(=O)c2ccc(-c3cn(-c4ccccc4)c4c(=O)[nH]cnc34)cc2)CC1. The summed E-state index contributed by atoms with van der Waals surface area (Å²) in [4.78, 5) is 36.7. The number of aromatic amines is 1. The molecule has 3 heterocycles. The van der Waals surface area contributed by atoms with Crippen molar-refractivity contribution in [3.63, 3.8) is 0 Å². The van der Waals surface area contributed by atoms with E-state index in [1.807, 2.05) is 70.3 Å². The summed E-state index contributed by atoms with van der Waals surface area (Å²) in [6.07, 6.45) is 3.36. The van der Waals surface area contributed by atoms with Gasteiger partial charge in [0.25, 0.3) is 11.5 Å². The first kappa shape index (κ1) is 19.3. The molecule has 4 aromatic rings. The van der Waals surface area contributed by atoms with Crippen LogP contribution in [0.4, 0.5) is 0 Å². The number of likely N-dealkylation sites (N-methyl/N-ethyl adjacent to an activating group) is 1. The number of carbonyl (C=O) groups is 1. The molecule has 1 saturated heterocycles. The molecule has 5 rings (SSSR count). The van der Waals surface area contributed by atoms with Gasteiger partial charge in [0, 0.05) is 49.2 Å². The van der Waals surface area contributed by atoms with Gasteiger partial charge in [-0.2, -0.15) is 0 Å². The smallest absolute Gasteiger partial charge is 0.275 e. The van der Waals surface area contributed by atoms with Gasteiger partial charge in [0.15, 0.2) is 0 Å². The fraction of sp³-hybridized carbons (Fsp3) is 0.208. The zero-order valence-electron chi connectivity index (χ0n) is 17.3. The lowest BCUT2D eigenvalue weighted by Crippen LogP contribution is -2.47. The quantitative estimate of drug-likeness (QED) is 0.561. The number of hydrogen-bond acceptors (Lipinski definition) is 4. The Labute approximate surface area is 179 Å². The number of fused-ring (bicyclic) bond motifs is 1. The Hall–Kier alpha value is -3.71. The summed E-state index contributed by atoms with van der Waals surface area (Å²) in [7, 11) is 2.07. The van der Waals surface area contributed by atoms with Crippen LogP contribution in [0.1, 0.15) is 10.4 Å². The molecule has 2 aromatic heterocycles.